The molecule has 2 aromatic rings. The molecule has 1 unspecified atom stereocenters. The molecular weight excluding hydrogens is 461 g/mol. The monoisotopic (exact) mass is 489 g/mol. The smallest absolute Gasteiger partial charge is 0.463 e. The third-order valence-electron chi connectivity index (χ3n) is 5.72. The van der Waals surface area contributed by atoms with Gasteiger partial charge < -0.3 is 34.3 Å². The van der Waals surface area contributed by atoms with E-state index in [-0.39, 0.29) is 16.5 Å². The molecule has 2 aliphatic rings. The first-order valence-corrected chi connectivity index (χ1v) is 15.0. The molecule has 0 spiro atoms. The summed E-state index contributed by atoms with van der Waals surface area (Å²) in [7, 11) is -2.87. The number of amidine groups is 1. The van der Waals surface area contributed by atoms with Gasteiger partial charge in [-0.05, 0) is 19.0 Å². The maximum Gasteiger partial charge on any atom is 0.490 e. The molecule has 0 bridgehead atoms. The molecule has 3 N–H and O–H groups in total. The summed E-state index contributed by atoms with van der Waals surface area (Å²) in [5, 5.41) is 22.8. The predicted molar refractivity (Wildman–Crippen MR) is 133 cm³/mol. The van der Waals surface area contributed by atoms with E-state index in [0.29, 0.717) is 36.2 Å². The van der Waals surface area contributed by atoms with Gasteiger partial charge in [0, 0.05) is 26.3 Å². The van der Waals surface area contributed by atoms with Crippen LogP contribution in [-0.4, -0.2) is 58.8 Å². The van der Waals surface area contributed by atoms with Crippen LogP contribution in [0.2, 0.25) is 30.7 Å². The molecule has 1 aromatic heterocycles. The van der Waals surface area contributed by atoms with Crippen LogP contribution >= 0.6 is 11.6 Å². The van der Waals surface area contributed by atoms with E-state index in [9.17, 15) is 10.0 Å². The van der Waals surface area contributed by atoms with Crippen LogP contribution in [0.4, 0.5) is 5.69 Å². The number of rotatable bonds is 8. The van der Waals surface area contributed by atoms with Crippen molar-refractivity contribution in [1.29, 1.82) is 0 Å². The van der Waals surface area contributed by atoms with Crippen LogP contribution in [-0.2, 0) is 11.5 Å². The van der Waals surface area contributed by atoms with Crippen molar-refractivity contribution in [2.75, 3.05) is 18.6 Å². The summed E-state index contributed by atoms with van der Waals surface area (Å²) in [4.78, 5) is 11.0. The molecule has 3 heterocycles. The quantitative estimate of drug-likeness (QED) is 0.387. The first kappa shape index (κ1) is 23.8. The highest BCUT2D eigenvalue weighted by Crippen LogP contribution is 2.39. The minimum absolute atomic E-state index is 0.134. The van der Waals surface area contributed by atoms with Gasteiger partial charge in [0.15, 0.2) is 0 Å². The molecule has 0 fully saturated rings. The summed E-state index contributed by atoms with van der Waals surface area (Å²) < 4.78 is 13.7. The van der Waals surface area contributed by atoms with Gasteiger partial charge in [0.05, 0.1) is 40.5 Å². The lowest BCUT2D eigenvalue weighted by molar-refractivity contribution is 0.0835. The highest BCUT2D eigenvalue weighted by Gasteiger charge is 2.33. The molecule has 0 saturated carbocycles. The summed E-state index contributed by atoms with van der Waals surface area (Å²) in [6.45, 7) is 10.5. The topological polar surface area (TPSA) is 104 Å². The van der Waals surface area contributed by atoms with Crippen LogP contribution in [0.3, 0.4) is 0 Å². The average Bonchev–Trinajstić information content (AvgIpc) is 3.14. The Kier molecular flexibility index (Phi) is 6.87. The summed E-state index contributed by atoms with van der Waals surface area (Å²) >= 11 is 6.49. The molecule has 0 saturated heterocycles. The fourth-order valence-corrected chi connectivity index (χ4v) is 4.90. The third-order valence-corrected chi connectivity index (χ3v) is 7.83. The summed E-state index contributed by atoms with van der Waals surface area (Å²) in [5.41, 5.74) is 2.37. The lowest BCUT2D eigenvalue weighted by atomic mass is 9.79. The average molecular weight is 490 g/mol. The number of ether oxygens (including phenoxy) is 2. The molecule has 1 aromatic carbocycles. The first-order chi connectivity index (χ1) is 15.7. The van der Waals surface area contributed by atoms with Gasteiger partial charge in [-0.2, -0.15) is 0 Å². The zero-order valence-corrected chi connectivity index (χ0v) is 21.0. The van der Waals surface area contributed by atoms with Crippen molar-refractivity contribution >= 4 is 43.8 Å². The van der Waals surface area contributed by atoms with Crippen molar-refractivity contribution in [1.82, 2.24) is 14.5 Å². The van der Waals surface area contributed by atoms with Gasteiger partial charge >= 0.3 is 7.12 Å². The second-order valence-electron chi connectivity index (χ2n) is 9.34. The van der Waals surface area contributed by atoms with Gasteiger partial charge in [-0.15, -0.1) is 0 Å². The molecule has 1 atom stereocenters. The SMILES string of the molecule is CC(c1cncn1COCC[Si](C)(C)C)N1C=COc2cc(B(O)O)c(Cl)c3c2C1=NCN3. The van der Waals surface area contributed by atoms with Crippen molar-refractivity contribution in [2.45, 2.75) is 45.4 Å². The standard InChI is InChI=1S/C21H29BClN5O4Si/c1-14(16-10-24-12-27(16)13-31-7-8-33(2,3)4)28-5-6-32-17-9-15(22(29)30)19(23)20-18(17)21(28)26-11-25-20/h5-6,9-10,12,14,25,29-30H,7-8,11,13H2,1-4H3. The van der Waals surface area contributed by atoms with E-state index in [2.05, 4.69) is 41.9 Å². The number of hydrogen-bond acceptors (Lipinski definition) is 8. The molecular formula is C21H29BClN5O4Si. The van der Waals surface area contributed by atoms with E-state index in [0.717, 1.165) is 18.3 Å². The Hall–Kier alpha value is -2.31. The minimum Gasteiger partial charge on any atom is -0.463 e. The molecule has 12 heteroatoms. The van der Waals surface area contributed by atoms with Gasteiger partial charge in [-0.3, -0.25) is 0 Å². The molecule has 0 amide bonds. The first-order valence-electron chi connectivity index (χ1n) is 10.9. The Morgan fingerprint density at radius 2 is 2.15 bits per heavy atom. The van der Waals surface area contributed by atoms with Crippen molar-refractivity contribution in [3.8, 4) is 5.75 Å². The number of aromatic nitrogens is 2. The maximum absolute atomic E-state index is 9.72. The largest absolute Gasteiger partial charge is 0.490 e. The van der Waals surface area contributed by atoms with Gasteiger partial charge in [-0.1, -0.05) is 31.2 Å². The fraction of sp³-hybridized carbons (Fsp3) is 0.429. The third kappa shape index (κ3) is 4.97. The van der Waals surface area contributed by atoms with Crippen molar-refractivity contribution in [3.63, 3.8) is 0 Å². The van der Waals surface area contributed by atoms with Crippen LogP contribution in [0.5, 0.6) is 5.75 Å². The number of hydrogen-bond donors (Lipinski definition) is 3. The molecule has 0 radical (unpaired) electrons. The van der Waals surface area contributed by atoms with Gasteiger partial charge in [0.2, 0.25) is 0 Å². The molecule has 0 aliphatic carbocycles. The Bertz CT molecular complexity index is 1090. The van der Waals surface area contributed by atoms with Crippen molar-refractivity contribution in [2.24, 2.45) is 4.99 Å². The number of imidazole rings is 1. The van der Waals surface area contributed by atoms with Gasteiger partial charge in [0.25, 0.3) is 0 Å². The highest BCUT2D eigenvalue weighted by atomic mass is 35.5. The number of anilines is 1. The minimum atomic E-state index is -1.72. The highest BCUT2D eigenvalue weighted by molar-refractivity contribution is 6.76. The van der Waals surface area contributed by atoms with E-state index in [1.54, 1.807) is 12.6 Å². The summed E-state index contributed by atoms with van der Waals surface area (Å²) in [6.07, 6.45) is 6.96. The van der Waals surface area contributed by atoms with Crippen LogP contribution in [0.25, 0.3) is 0 Å². The Morgan fingerprint density at radius 1 is 1.36 bits per heavy atom. The summed E-state index contributed by atoms with van der Waals surface area (Å²) in [5.74, 6) is 1.12. The van der Waals surface area contributed by atoms with Crippen LogP contribution in [0, 0.1) is 0 Å². The van der Waals surface area contributed by atoms with E-state index in [1.165, 1.54) is 6.07 Å². The molecule has 33 heavy (non-hydrogen) atoms. The van der Waals surface area contributed by atoms with Crippen LogP contribution in [0.1, 0.15) is 24.2 Å². The Labute approximate surface area is 199 Å². The lowest BCUT2D eigenvalue weighted by Gasteiger charge is -2.32. The van der Waals surface area contributed by atoms with Gasteiger partial charge in [-0.25, -0.2) is 9.98 Å². The summed E-state index contributed by atoms with van der Waals surface area (Å²) in [6, 6.07) is 2.50. The second-order valence-corrected chi connectivity index (χ2v) is 15.3. The molecule has 176 valence electrons. The molecule has 9 nitrogen and oxygen atoms in total. The zero-order chi connectivity index (χ0) is 23.8. The number of nitrogens with zero attached hydrogens (tertiary/aromatic N) is 4. The van der Waals surface area contributed by atoms with E-state index in [1.807, 2.05) is 21.9 Å². The molecule has 2 aliphatic heterocycles. The lowest BCUT2D eigenvalue weighted by Crippen LogP contribution is -2.36. The van der Waals surface area contributed by atoms with E-state index in [4.69, 9.17) is 21.1 Å². The van der Waals surface area contributed by atoms with Crippen LogP contribution in [0.15, 0.2) is 36.0 Å². The maximum atomic E-state index is 9.72. The second kappa shape index (κ2) is 9.51. The van der Waals surface area contributed by atoms with E-state index >= 15 is 0 Å². The zero-order valence-electron chi connectivity index (χ0n) is 19.2. The number of nitrogens with one attached hydrogen (secondary N) is 1. The number of halogens is 1. The van der Waals surface area contributed by atoms with Crippen LogP contribution < -0.4 is 15.5 Å². The number of benzene rings is 1. The normalized spacial score (nSPS) is 15.8. The van der Waals surface area contributed by atoms with Gasteiger partial charge in [0.1, 0.15) is 31.2 Å². The Balaban J connectivity index is 1.61. The Morgan fingerprint density at radius 3 is 2.88 bits per heavy atom. The number of aliphatic imine (C=N–C) groups is 1. The van der Waals surface area contributed by atoms with E-state index < -0.39 is 15.2 Å². The molecule has 4 rings (SSSR count). The van der Waals surface area contributed by atoms with Crippen molar-refractivity contribution in [3.05, 3.63) is 47.3 Å². The predicted octanol–water partition coefficient (Wildman–Crippen LogP) is 2.59. The fourth-order valence-electron chi connectivity index (χ4n) is 3.83. The van der Waals surface area contributed by atoms with Crippen molar-refractivity contribution < 1.29 is 19.5 Å².